The van der Waals surface area contributed by atoms with Crippen LogP contribution in [0.1, 0.15) is 89.8 Å². The fourth-order valence-corrected chi connectivity index (χ4v) is 9.50. The molecule has 0 bridgehead atoms. The number of anilines is 1. The molecule has 326 valence electrons. The van der Waals surface area contributed by atoms with Gasteiger partial charge in [0, 0.05) is 65.9 Å². The molecule has 0 spiro atoms. The van der Waals surface area contributed by atoms with E-state index in [9.17, 15) is 30.7 Å². The normalized spacial score (nSPS) is 18.5. The third-order valence-corrected chi connectivity index (χ3v) is 13.3. The van der Waals surface area contributed by atoms with E-state index in [-0.39, 0.29) is 29.1 Å². The quantitative estimate of drug-likeness (QED) is 0.0513. The van der Waals surface area contributed by atoms with Crippen molar-refractivity contribution in [1.82, 2.24) is 0 Å². The second-order valence-electron chi connectivity index (χ2n) is 16.6. The van der Waals surface area contributed by atoms with E-state index < -0.39 is 25.7 Å². The summed E-state index contributed by atoms with van der Waals surface area (Å²) in [6, 6.07) is 20.6. The lowest BCUT2D eigenvalue weighted by atomic mass is 9.81. The van der Waals surface area contributed by atoms with E-state index in [1.54, 1.807) is 6.07 Å². The molecule has 0 fully saturated rings. The number of allylic oxidation sites excluding steroid dienone is 6. The summed E-state index contributed by atoms with van der Waals surface area (Å²) in [5, 5.41) is 0. The van der Waals surface area contributed by atoms with E-state index >= 15 is 0 Å². The topological polar surface area (TPSA) is 160 Å². The molecule has 3 aromatic rings. The molecule has 61 heavy (non-hydrogen) atoms. The lowest BCUT2D eigenvalue weighted by molar-refractivity contribution is -0.438. The Morgan fingerprint density at radius 2 is 1.62 bits per heavy atom. The van der Waals surface area contributed by atoms with Crippen molar-refractivity contribution < 1.29 is 49.5 Å². The second-order valence-corrected chi connectivity index (χ2v) is 19.6. The standard InChI is InChI=1S/C47H56N2O10S2/c1-6-7-10-27-48-40-14-9-8-13-38(40)46(2,3)44(48)24-22-42-45(59-36-18-15-34(16-19-36)25-29-57-33-50)35(26-30-58-42)17-23-43-47(4,5)39-32-37(61(54,55)56)20-21-41(39)49(43)28-11-12-31-60(51,52)53/h8-9,13-24,32-33H,6-7,10-12,25-31H2,1-5H3,(H-,51,52,53,54,55,56)/p+1. The lowest BCUT2D eigenvalue weighted by Gasteiger charge is -2.27. The smallest absolute Gasteiger partial charge is 0.294 e. The van der Waals surface area contributed by atoms with Crippen molar-refractivity contribution in [3.05, 3.63) is 131 Å². The zero-order valence-corrected chi connectivity index (χ0v) is 37.2. The molecule has 0 unspecified atom stereocenters. The number of rotatable bonds is 19. The van der Waals surface area contributed by atoms with Gasteiger partial charge in [-0.05, 0) is 86.7 Å². The average molecular weight is 874 g/mol. The number of carbonyl (C=O) groups is 1. The minimum Gasteiger partial charge on any atom is -0.489 e. The molecule has 0 atom stereocenters. The van der Waals surface area contributed by atoms with Crippen LogP contribution >= 0.6 is 0 Å². The Hall–Kier alpha value is -5.02. The van der Waals surface area contributed by atoms with E-state index in [1.807, 2.05) is 61.2 Å². The number of hydrogen-bond acceptors (Lipinski definition) is 9. The van der Waals surface area contributed by atoms with Crippen molar-refractivity contribution >= 4 is 43.8 Å². The summed E-state index contributed by atoms with van der Waals surface area (Å²) in [7, 11) is -8.63. The first-order chi connectivity index (χ1) is 29.0. The van der Waals surface area contributed by atoms with Crippen molar-refractivity contribution in [2.75, 3.05) is 37.0 Å². The molecular weight excluding hydrogens is 817 g/mol. The predicted molar refractivity (Wildman–Crippen MR) is 237 cm³/mol. The summed E-state index contributed by atoms with van der Waals surface area (Å²) in [5.41, 5.74) is 6.68. The maximum Gasteiger partial charge on any atom is 0.294 e. The van der Waals surface area contributed by atoms with Gasteiger partial charge in [-0.3, -0.25) is 13.9 Å². The van der Waals surface area contributed by atoms with Gasteiger partial charge < -0.3 is 19.1 Å². The Bertz CT molecular complexity index is 2500. The van der Waals surface area contributed by atoms with Crippen LogP contribution in [-0.2, 0) is 51.8 Å². The van der Waals surface area contributed by atoms with E-state index in [0.29, 0.717) is 61.7 Å². The summed E-state index contributed by atoms with van der Waals surface area (Å²) in [5.74, 6) is 1.29. The lowest BCUT2D eigenvalue weighted by Crippen LogP contribution is -2.28. The van der Waals surface area contributed by atoms with Crippen LogP contribution in [0.25, 0.3) is 0 Å². The summed E-state index contributed by atoms with van der Waals surface area (Å²) in [4.78, 5) is 12.5. The van der Waals surface area contributed by atoms with Crippen LogP contribution in [-0.4, -0.2) is 74.8 Å². The van der Waals surface area contributed by atoms with Gasteiger partial charge >= 0.3 is 0 Å². The van der Waals surface area contributed by atoms with Crippen LogP contribution in [0.5, 0.6) is 5.75 Å². The Morgan fingerprint density at radius 3 is 2.33 bits per heavy atom. The van der Waals surface area contributed by atoms with E-state index in [0.717, 1.165) is 54.0 Å². The van der Waals surface area contributed by atoms with Crippen molar-refractivity contribution in [1.29, 1.82) is 0 Å². The third-order valence-electron chi connectivity index (χ3n) is 11.7. The number of para-hydroxylation sites is 1. The largest absolute Gasteiger partial charge is 0.489 e. The van der Waals surface area contributed by atoms with Crippen molar-refractivity contribution in [3.63, 3.8) is 0 Å². The van der Waals surface area contributed by atoms with Crippen molar-refractivity contribution in [2.45, 2.75) is 95.3 Å². The van der Waals surface area contributed by atoms with Crippen molar-refractivity contribution in [3.8, 4) is 5.75 Å². The number of fused-ring (bicyclic) bond motifs is 2. The summed E-state index contributed by atoms with van der Waals surface area (Å²) < 4.78 is 87.2. The summed E-state index contributed by atoms with van der Waals surface area (Å²) in [6.45, 7) is 13.0. The Balaban J connectivity index is 1.44. The van der Waals surface area contributed by atoms with Gasteiger partial charge in [0.1, 0.15) is 12.3 Å². The molecule has 3 heterocycles. The highest BCUT2D eigenvalue weighted by Crippen LogP contribution is 2.49. The molecule has 3 aliphatic heterocycles. The molecule has 0 aromatic heterocycles. The van der Waals surface area contributed by atoms with E-state index in [1.165, 1.54) is 23.4 Å². The number of carbonyl (C=O) groups excluding carboxylic acids is 1. The fourth-order valence-electron chi connectivity index (χ4n) is 8.42. The average Bonchev–Trinajstić information content (AvgIpc) is 3.56. The summed E-state index contributed by atoms with van der Waals surface area (Å²) in [6.07, 6.45) is 13.1. The SMILES string of the molecule is CCCCC[N+]1=C(/C=C/C2=C(Oc3ccc(CCOC=O)cc3)C(=C/C=C3/N(CCCCS(=O)(=O)O)c4ccc(S(=O)(=O)O)cc4C3(C)C)/CCO2)C(C)(C)c2ccccc21. The van der Waals surface area contributed by atoms with Gasteiger partial charge in [-0.1, -0.05) is 63.6 Å². The first-order valence-electron chi connectivity index (χ1n) is 20.8. The molecule has 0 aliphatic carbocycles. The van der Waals surface area contributed by atoms with E-state index in [2.05, 4.69) is 55.7 Å². The second kappa shape index (κ2) is 18.9. The number of benzene rings is 3. The number of hydrogen-bond donors (Lipinski definition) is 2. The van der Waals surface area contributed by atoms with Crippen LogP contribution < -0.4 is 9.64 Å². The molecule has 0 saturated heterocycles. The minimum absolute atomic E-state index is 0.218. The highest BCUT2D eigenvalue weighted by atomic mass is 32.2. The van der Waals surface area contributed by atoms with Crippen LogP contribution in [0.15, 0.2) is 119 Å². The van der Waals surface area contributed by atoms with E-state index in [4.69, 9.17) is 14.2 Å². The van der Waals surface area contributed by atoms with Gasteiger partial charge in [0.2, 0.25) is 5.69 Å². The van der Waals surface area contributed by atoms with Gasteiger partial charge in [0.05, 0.1) is 29.3 Å². The Labute approximate surface area is 360 Å². The molecule has 12 nitrogen and oxygen atoms in total. The predicted octanol–water partition coefficient (Wildman–Crippen LogP) is 8.76. The monoisotopic (exact) mass is 873 g/mol. The maximum atomic E-state index is 12.2. The zero-order chi connectivity index (χ0) is 44.0. The van der Waals surface area contributed by atoms with Gasteiger partial charge in [0.15, 0.2) is 17.2 Å². The zero-order valence-electron chi connectivity index (χ0n) is 35.6. The van der Waals surface area contributed by atoms with Crippen LogP contribution in [0.3, 0.4) is 0 Å². The van der Waals surface area contributed by atoms with Gasteiger partial charge in [-0.25, -0.2) is 0 Å². The molecule has 3 aliphatic rings. The molecule has 0 radical (unpaired) electrons. The summed E-state index contributed by atoms with van der Waals surface area (Å²) >= 11 is 0. The number of nitrogens with zero attached hydrogens (tertiary/aromatic N) is 2. The van der Waals surface area contributed by atoms with Crippen molar-refractivity contribution in [2.24, 2.45) is 0 Å². The number of unbranched alkanes of at least 4 members (excludes halogenated alkanes) is 3. The molecular formula is C47H57N2O10S2+. The highest BCUT2D eigenvalue weighted by molar-refractivity contribution is 7.86. The molecule has 6 rings (SSSR count). The first-order valence-corrected chi connectivity index (χ1v) is 23.9. The molecule has 14 heteroatoms. The number of ether oxygens (including phenoxy) is 3. The van der Waals surface area contributed by atoms with Gasteiger partial charge in [-0.2, -0.15) is 21.4 Å². The minimum atomic E-state index is -4.48. The van der Waals surface area contributed by atoms with Gasteiger partial charge in [-0.15, -0.1) is 0 Å². The Kier molecular flexibility index (Phi) is 14.1. The van der Waals surface area contributed by atoms with Crippen LogP contribution in [0.2, 0.25) is 0 Å². The third kappa shape index (κ3) is 10.5. The first kappa shape index (κ1) is 45.5. The highest BCUT2D eigenvalue weighted by Gasteiger charge is 2.44. The maximum absolute atomic E-state index is 12.2. The molecule has 3 aromatic carbocycles. The molecule has 0 amide bonds. The molecule has 2 N–H and O–H groups in total. The molecule has 0 saturated carbocycles. The Morgan fingerprint density at radius 1 is 0.869 bits per heavy atom. The van der Waals surface area contributed by atoms with Gasteiger partial charge in [0.25, 0.3) is 26.7 Å². The van der Waals surface area contributed by atoms with Crippen LogP contribution in [0.4, 0.5) is 11.4 Å². The fraction of sp³-hybridized carbons (Fsp3) is 0.404. The van der Waals surface area contributed by atoms with Crippen LogP contribution in [0, 0.1) is 0 Å².